The third kappa shape index (κ3) is 6.17. The molecule has 0 atom stereocenters. The summed E-state index contributed by atoms with van der Waals surface area (Å²) in [5, 5.41) is 2.59. The summed E-state index contributed by atoms with van der Waals surface area (Å²) in [6, 6.07) is 81.3. The van der Waals surface area contributed by atoms with Gasteiger partial charge < -0.3 is 4.90 Å². The van der Waals surface area contributed by atoms with Gasteiger partial charge in [0.25, 0.3) is 0 Å². The van der Waals surface area contributed by atoms with Gasteiger partial charge in [0.1, 0.15) is 0 Å². The van der Waals surface area contributed by atoms with E-state index in [1.165, 1.54) is 75.8 Å². The van der Waals surface area contributed by atoms with Crippen molar-refractivity contribution in [3.63, 3.8) is 0 Å². The summed E-state index contributed by atoms with van der Waals surface area (Å²) in [6.07, 6.45) is 0. The van der Waals surface area contributed by atoms with Gasteiger partial charge in [0.2, 0.25) is 0 Å². The van der Waals surface area contributed by atoms with Gasteiger partial charge in [0, 0.05) is 37.1 Å². The van der Waals surface area contributed by atoms with Crippen LogP contribution in [0.2, 0.25) is 0 Å². The fourth-order valence-electron chi connectivity index (χ4n) is 8.12. The molecule has 2 heteroatoms. The lowest BCUT2D eigenvalue weighted by Crippen LogP contribution is -2.11. The summed E-state index contributed by atoms with van der Waals surface area (Å²) in [6.45, 7) is 0. The monoisotopic (exact) mass is 731 g/mol. The molecule has 1 aromatic heterocycles. The molecule has 0 saturated carbocycles. The molecule has 0 aliphatic rings. The zero-order valence-electron chi connectivity index (χ0n) is 30.7. The molecule has 0 spiro atoms. The van der Waals surface area contributed by atoms with Crippen molar-refractivity contribution in [3.8, 4) is 55.6 Å². The van der Waals surface area contributed by atoms with Crippen LogP contribution in [-0.2, 0) is 0 Å². The Morgan fingerprint density at radius 3 is 1.39 bits per heavy atom. The molecule has 10 rings (SSSR count). The van der Waals surface area contributed by atoms with Crippen molar-refractivity contribution in [2.45, 2.75) is 0 Å². The van der Waals surface area contributed by atoms with Crippen LogP contribution in [0, 0.1) is 0 Å². The van der Waals surface area contributed by atoms with Crippen molar-refractivity contribution < 1.29 is 0 Å². The smallest absolute Gasteiger partial charge is 0.0546 e. The zero-order valence-corrected chi connectivity index (χ0v) is 31.5. The molecule has 0 amide bonds. The Morgan fingerprint density at radius 2 is 0.750 bits per heavy atom. The molecular formula is C54H37NS. The van der Waals surface area contributed by atoms with Crippen LogP contribution in [0.25, 0.3) is 75.8 Å². The summed E-state index contributed by atoms with van der Waals surface area (Å²) in [4.78, 5) is 2.44. The molecule has 0 bridgehead atoms. The number of hydrogen-bond acceptors (Lipinski definition) is 2. The second kappa shape index (κ2) is 14.7. The molecule has 1 nitrogen and oxygen atoms in total. The quantitative estimate of drug-likeness (QED) is 0.150. The molecule has 0 fully saturated rings. The van der Waals surface area contributed by atoms with Crippen molar-refractivity contribution in [1.82, 2.24) is 0 Å². The number of hydrogen-bond donors (Lipinski definition) is 0. The molecule has 264 valence electrons. The van der Waals surface area contributed by atoms with Gasteiger partial charge >= 0.3 is 0 Å². The van der Waals surface area contributed by atoms with Crippen LogP contribution in [0.4, 0.5) is 17.1 Å². The Bertz CT molecular complexity index is 2950. The zero-order chi connectivity index (χ0) is 37.3. The standard InChI is InChI=1S/C54H37NS/c1-4-17-38(18-5-1)44-23-10-12-25-47(44)48-26-13-11-24-45(48)40-31-33-42(34-32-40)55(43-35-36-50-49-27-14-15-30-52(49)56-53(50)37-43)51-29-16-28-46(39-19-6-2-7-20-39)54(51)41-21-8-3-9-22-41/h1-37H. The van der Waals surface area contributed by atoms with E-state index in [4.69, 9.17) is 0 Å². The highest BCUT2D eigenvalue weighted by atomic mass is 32.1. The first-order valence-electron chi connectivity index (χ1n) is 19.1. The number of rotatable bonds is 8. The normalized spacial score (nSPS) is 11.2. The molecule has 0 aliphatic heterocycles. The minimum atomic E-state index is 1.10. The molecule has 0 unspecified atom stereocenters. The summed E-state index contributed by atoms with van der Waals surface area (Å²) >= 11 is 1.86. The van der Waals surface area contributed by atoms with Crippen LogP contribution in [0.5, 0.6) is 0 Å². The largest absolute Gasteiger partial charge is 0.310 e. The highest BCUT2D eigenvalue weighted by Gasteiger charge is 2.22. The van der Waals surface area contributed by atoms with Crippen molar-refractivity contribution in [2.24, 2.45) is 0 Å². The van der Waals surface area contributed by atoms with Gasteiger partial charge in [-0.2, -0.15) is 0 Å². The van der Waals surface area contributed by atoms with Crippen molar-refractivity contribution in [1.29, 1.82) is 0 Å². The number of anilines is 3. The van der Waals surface area contributed by atoms with Crippen LogP contribution in [-0.4, -0.2) is 0 Å². The lowest BCUT2D eigenvalue weighted by atomic mass is 9.89. The number of nitrogens with zero attached hydrogens (tertiary/aromatic N) is 1. The van der Waals surface area contributed by atoms with Crippen LogP contribution in [0.3, 0.4) is 0 Å². The molecule has 9 aromatic carbocycles. The summed E-state index contributed by atoms with van der Waals surface area (Å²) in [5.74, 6) is 0. The first-order valence-corrected chi connectivity index (χ1v) is 19.9. The topological polar surface area (TPSA) is 3.24 Å². The van der Waals surface area contributed by atoms with E-state index in [-0.39, 0.29) is 0 Å². The van der Waals surface area contributed by atoms with Gasteiger partial charge in [0.05, 0.1) is 5.69 Å². The molecule has 0 N–H and O–H groups in total. The lowest BCUT2D eigenvalue weighted by Gasteiger charge is -2.29. The molecule has 56 heavy (non-hydrogen) atoms. The van der Waals surface area contributed by atoms with Crippen LogP contribution in [0.1, 0.15) is 0 Å². The number of benzene rings is 9. The van der Waals surface area contributed by atoms with Gasteiger partial charge in [-0.3, -0.25) is 0 Å². The van der Waals surface area contributed by atoms with Crippen molar-refractivity contribution >= 4 is 48.6 Å². The predicted octanol–water partition coefficient (Wildman–Crippen LogP) is 15.9. The number of thiophene rings is 1. The first kappa shape index (κ1) is 33.6. The average Bonchev–Trinajstić information content (AvgIpc) is 3.66. The molecule has 0 aliphatic carbocycles. The van der Waals surface area contributed by atoms with Crippen LogP contribution < -0.4 is 4.90 Å². The van der Waals surface area contributed by atoms with Crippen LogP contribution in [0.15, 0.2) is 224 Å². The Balaban J connectivity index is 1.16. The molecule has 1 heterocycles. The maximum absolute atomic E-state index is 2.44. The molecule has 0 radical (unpaired) electrons. The average molecular weight is 732 g/mol. The molecule has 10 aromatic rings. The van der Waals surface area contributed by atoms with Crippen LogP contribution >= 0.6 is 11.3 Å². The minimum Gasteiger partial charge on any atom is -0.310 e. The second-order valence-corrected chi connectivity index (χ2v) is 15.1. The first-order chi connectivity index (χ1) is 27.8. The summed E-state index contributed by atoms with van der Waals surface area (Å²) in [7, 11) is 0. The van der Waals surface area contributed by atoms with E-state index in [1.54, 1.807) is 0 Å². The van der Waals surface area contributed by atoms with E-state index in [0.29, 0.717) is 0 Å². The summed E-state index contributed by atoms with van der Waals surface area (Å²) < 4.78 is 2.58. The Morgan fingerprint density at radius 1 is 0.286 bits per heavy atom. The van der Waals surface area contributed by atoms with Crippen molar-refractivity contribution in [2.75, 3.05) is 4.90 Å². The lowest BCUT2D eigenvalue weighted by molar-refractivity contribution is 1.29. The molecule has 0 saturated heterocycles. The maximum Gasteiger partial charge on any atom is 0.0546 e. The summed E-state index contributed by atoms with van der Waals surface area (Å²) in [5.41, 5.74) is 15.4. The van der Waals surface area contributed by atoms with Gasteiger partial charge in [-0.15, -0.1) is 11.3 Å². The van der Waals surface area contributed by atoms with Gasteiger partial charge in [-0.05, 0) is 86.5 Å². The minimum absolute atomic E-state index is 1.10. The maximum atomic E-state index is 2.44. The second-order valence-electron chi connectivity index (χ2n) is 14.0. The third-order valence-electron chi connectivity index (χ3n) is 10.7. The SMILES string of the molecule is c1ccc(-c2ccccc2-c2ccccc2-c2ccc(N(c3ccc4c(c3)sc3ccccc34)c3cccc(-c4ccccc4)c3-c3ccccc3)cc2)cc1. The highest BCUT2D eigenvalue weighted by Crippen LogP contribution is 2.47. The Hall–Kier alpha value is -7.00. The van der Waals surface area contributed by atoms with E-state index in [2.05, 4.69) is 229 Å². The Kier molecular flexibility index (Phi) is 8.79. The predicted molar refractivity (Wildman–Crippen MR) is 241 cm³/mol. The van der Waals surface area contributed by atoms with E-state index in [1.807, 2.05) is 11.3 Å². The van der Waals surface area contributed by atoms with Gasteiger partial charge in [-0.1, -0.05) is 188 Å². The van der Waals surface area contributed by atoms with Gasteiger partial charge in [0.15, 0.2) is 0 Å². The van der Waals surface area contributed by atoms with E-state index >= 15 is 0 Å². The highest BCUT2D eigenvalue weighted by molar-refractivity contribution is 7.25. The fourth-order valence-corrected chi connectivity index (χ4v) is 9.26. The van der Waals surface area contributed by atoms with E-state index in [0.717, 1.165) is 17.1 Å². The third-order valence-corrected chi connectivity index (χ3v) is 11.9. The number of fused-ring (bicyclic) bond motifs is 3. The van der Waals surface area contributed by atoms with E-state index < -0.39 is 0 Å². The van der Waals surface area contributed by atoms with E-state index in [9.17, 15) is 0 Å². The molecular weight excluding hydrogens is 695 g/mol. The fraction of sp³-hybridized carbons (Fsp3) is 0. The van der Waals surface area contributed by atoms with Crippen molar-refractivity contribution in [3.05, 3.63) is 224 Å². The Labute approximate surface area is 332 Å². The van der Waals surface area contributed by atoms with Gasteiger partial charge in [-0.25, -0.2) is 0 Å².